The molecule has 1 saturated heterocycles. The Morgan fingerprint density at radius 3 is 2.72 bits per heavy atom. The van der Waals surface area contributed by atoms with Crippen LogP contribution in [0.3, 0.4) is 0 Å². The van der Waals surface area contributed by atoms with Gasteiger partial charge in [0.15, 0.2) is 5.79 Å². The first-order valence-electron chi connectivity index (χ1n) is 8.99. The second kappa shape index (κ2) is 9.46. The highest BCUT2D eigenvalue weighted by Gasteiger charge is 2.38. The summed E-state index contributed by atoms with van der Waals surface area (Å²) < 4.78 is 23.8. The normalized spacial score (nSPS) is 20.6. The third kappa shape index (κ3) is 5.26. The molecular weight excluding hydrogens is 431 g/mol. The van der Waals surface area contributed by atoms with Crippen molar-refractivity contribution in [1.82, 2.24) is 0 Å². The van der Waals surface area contributed by atoms with Crippen molar-refractivity contribution in [3.8, 4) is 0 Å². The lowest BCUT2D eigenvalue weighted by Crippen LogP contribution is -2.33. The molecule has 25 heavy (non-hydrogen) atoms. The summed E-state index contributed by atoms with van der Waals surface area (Å²) in [4.78, 5) is 0. The fourth-order valence-corrected chi connectivity index (χ4v) is 4.29. The molecule has 0 bridgehead atoms. The lowest BCUT2D eigenvalue weighted by atomic mass is 9.84. The number of methoxy groups -OCH3 is 1. The molecule has 1 spiro atoms. The first-order valence-corrected chi connectivity index (χ1v) is 10.1. The minimum atomic E-state index is -0.351. The van der Waals surface area contributed by atoms with Crippen molar-refractivity contribution < 1.29 is 18.9 Å². The molecule has 1 atom stereocenters. The summed E-state index contributed by atoms with van der Waals surface area (Å²) in [6.45, 7) is 2.49. The molecule has 1 fully saturated rings. The van der Waals surface area contributed by atoms with Crippen molar-refractivity contribution in [2.24, 2.45) is 5.92 Å². The summed E-state index contributed by atoms with van der Waals surface area (Å²) in [5, 5.41) is 0. The summed E-state index contributed by atoms with van der Waals surface area (Å²) in [6.07, 6.45) is 7.30. The van der Waals surface area contributed by atoms with E-state index in [4.69, 9.17) is 18.9 Å². The number of halogens is 1. The van der Waals surface area contributed by atoms with Crippen LogP contribution in [0, 0.1) is 9.49 Å². The van der Waals surface area contributed by atoms with E-state index in [1.165, 1.54) is 14.7 Å². The second-order valence-corrected chi connectivity index (χ2v) is 7.86. The highest BCUT2D eigenvalue weighted by molar-refractivity contribution is 14.1. The second-order valence-electron chi connectivity index (χ2n) is 6.70. The largest absolute Gasteiger partial charge is 0.359 e. The van der Waals surface area contributed by atoms with Gasteiger partial charge in [0.1, 0.15) is 6.79 Å². The number of benzene rings is 1. The molecule has 1 aromatic carbocycles. The fourth-order valence-electron chi connectivity index (χ4n) is 3.64. The van der Waals surface area contributed by atoms with Crippen LogP contribution in [-0.2, 0) is 25.4 Å². The van der Waals surface area contributed by atoms with Crippen LogP contribution >= 0.6 is 22.6 Å². The van der Waals surface area contributed by atoms with Crippen molar-refractivity contribution in [2.45, 2.75) is 37.9 Å². The Hall–Kier alpha value is -0.470. The predicted octanol–water partition coefficient (Wildman–Crippen LogP) is 4.31. The maximum atomic E-state index is 5.83. The highest BCUT2D eigenvalue weighted by Crippen LogP contribution is 2.38. The minimum absolute atomic E-state index is 0.350. The van der Waals surface area contributed by atoms with E-state index in [1.807, 2.05) is 0 Å². The third-order valence-electron chi connectivity index (χ3n) is 5.05. The molecule has 0 amide bonds. The average molecular weight is 458 g/mol. The Kier molecular flexibility index (Phi) is 7.30. The summed E-state index contributed by atoms with van der Waals surface area (Å²) in [5.41, 5.74) is 2.89. The number of hydrogen-bond donors (Lipinski definition) is 0. The van der Waals surface area contributed by atoms with E-state index in [1.54, 1.807) is 7.11 Å². The molecule has 1 heterocycles. The molecule has 5 heteroatoms. The molecular formula is C20H27IO4. The van der Waals surface area contributed by atoms with Gasteiger partial charge in [-0.1, -0.05) is 29.8 Å². The van der Waals surface area contributed by atoms with Crippen molar-refractivity contribution in [3.63, 3.8) is 0 Å². The van der Waals surface area contributed by atoms with Crippen LogP contribution in [0.15, 0.2) is 35.9 Å². The van der Waals surface area contributed by atoms with Gasteiger partial charge in [-0.15, -0.1) is 0 Å². The average Bonchev–Trinajstić information content (AvgIpc) is 3.08. The quantitative estimate of drug-likeness (QED) is 0.252. The Balaban J connectivity index is 1.62. The van der Waals surface area contributed by atoms with E-state index in [9.17, 15) is 0 Å². The summed E-state index contributed by atoms with van der Waals surface area (Å²) in [7, 11) is 1.67. The summed E-state index contributed by atoms with van der Waals surface area (Å²) in [6, 6.07) is 8.60. The fraction of sp³-hybridized carbons (Fsp3) is 0.600. The van der Waals surface area contributed by atoms with Gasteiger partial charge in [-0.2, -0.15) is 0 Å². The minimum Gasteiger partial charge on any atom is -0.359 e. The topological polar surface area (TPSA) is 36.9 Å². The van der Waals surface area contributed by atoms with Crippen LogP contribution in [0.5, 0.6) is 0 Å². The van der Waals surface area contributed by atoms with Gasteiger partial charge in [-0.05, 0) is 53.5 Å². The molecule has 1 aliphatic heterocycles. The Morgan fingerprint density at radius 1 is 1.24 bits per heavy atom. The summed E-state index contributed by atoms with van der Waals surface area (Å²) >= 11 is 2.42. The zero-order chi connectivity index (χ0) is 17.5. The van der Waals surface area contributed by atoms with Crippen molar-refractivity contribution >= 4 is 22.6 Å². The van der Waals surface area contributed by atoms with Crippen molar-refractivity contribution in [3.05, 3.63) is 45.0 Å². The molecule has 3 rings (SSSR count). The lowest BCUT2D eigenvalue weighted by molar-refractivity contribution is -0.162. The Morgan fingerprint density at radius 2 is 2.04 bits per heavy atom. The van der Waals surface area contributed by atoms with Crippen LogP contribution < -0.4 is 0 Å². The van der Waals surface area contributed by atoms with E-state index in [0.717, 1.165) is 45.3 Å². The molecule has 1 aliphatic carbocycles. The number of hydrogen-bond acceptors (Lipinski definition) is 4. The van der Waals surface area contributed by atoms with Crippen molar-refractivity contribution in [1.29, 1.82) is 0 Å². The number of ether oxygens (including phenoxy) is 4. The van der Waals surface area contributed by atoms with Crippen LogP contribution in [0.1, 0.15) is 31.2 Å². The monoisotopic (exact) mass is 458 g/mol. The van der Waals surface area contributed by atoms with Crippen molar-refractivity contribution in [2.75, 3.05) is 33.7 Å². The molecule has 1 unspecified atom stereocenters. The molecule has 1 aromatic rings. The van der Waals surface area contributed by atoms with Gasteiger partial charge in [0.2, 0.25) is 0 Å². The zero-order valence-electron chi connectivity index (χ0n) is 14.8. The van der Waals surface area contributed by atoms with E-state index in [-0.39, 0.29) is 5.79 Å². The predicted molar refractivity (Wildman–Crippen MR) is 105 cm³/mol. The van der Waals surface area contributed by atoms with Gasteiger partial charge in [-0.3, -0.25) is 0 Å². The van der Waals surface area contributed by atoms with E-state index in [0.29, 0.717) is 19.3 Å². The standard InChI is InChI=1S/C20H27IO4/c1-22-15-23-14-18(7-6-17-4-2-3-5-19(17)21)16-8-10-20(11-9-16)24-12-13-25-20/h2-5,8,18H,6-7,9-15H2,1H3. The van der Waals surface area contributed by atoms with Crippen LogP contribution in [0.4, 0.5) is 0 Å². The molecule has 0 radical (unpaired) electrons. The number of rotatable bonds is 8. The van der Waals surface area contributed by atoms with Gasteiger partial charge in [0.25, 0.3) is 0 Å². The third-order valence-corrected chi connectivity index (χ3v) is 6.10. The molecule has 2 aliphatic rings. The first-order chi connectivity index (χ1) is 12.2. The SMILES string of the molecule is COCOCC(CCc1ccccc1I)C1=CCC2(CC1)OCCO2. The van der Waals surface area contributed by atoms with E-state index >= 15 is 0 Å². The first kappa shape index (κ1) is 19.3. The molecule has 0 N–H and O–H groups in total. The van der Waals surface area contributed by atoms with Crippen LogP contribution in [-0.4, -0.2) is 39.5 Å². The maximum Gasteiger partial charge on any atom is 0.172 e. The Labute approximate surface area is 164 Å². The van der Waals surface area contributed by atoms with Gasteiger partial charge in [0, 0.05) is 29.4 Å². The lowest BCUT2D eigenvalue weighted by Gasteiger charge is -2.33. The number of aryl methyl sites for hydroxylation is 1. The van der Waals surface area contributed by atoms with E-state index < -0.39 is 0 Å². The van der Waals surface area contributed by atoms with Crippen LogP contribution in [0.2, 0.25) is 0 Å². The van der Waals surface area contributed by atoms with Gasteiger partial charge in [0.05, 0.1) is 19.8 Å². The molecule has 4 nitrogen and oxygen atoms in total. The summed E-state index contributed by atoms with van der Waals surface area (Å²) in [5.74, 6) is 0.0703. The van der Waals surface area contributed by atoms with Crippen LogP contribution in [0.25, 0.3) is 0 Å². The molecule has 0 aromatic heterocycles. The van der Waals surface area contributed by atoms with Gasteiger partial charge in [-0.25, -0.2) is 0 Å². The zero-order valence-corrected chi connectivity index (χ0v) is 17.0. The molecule has 138 valence electrons. The maximum absolute atomic E-state index is 5.83. The van der Waals surface area contributed by atoms with Gasteiger partial charge >= 0.3 is 0 Å². The van der Waals surface area contributed by atoms with E-state index in [2.05, 4.69) is 52.9 Å². The van der Waals surface area contributed by atoms with Gasteiger partial charge < -0.3 is 18.9 Å². The smallest absolute Gasteiger partial charge is 0.172 e. The molecule has 0 saturated carbocycles. The Bertz CT molecular complexity index is 581. The highest BCUT2D eigenvalue weighted by atomic mass is 127.